The van der Waals surface area contributed by atoms with E-state index in [1.807, 2.05) is 18.2 Å². The Hall–Kier alpha value is -3.11. The van der Waals surface area contributed by atoms with Gasteiger partial charge in [0, 0.05) is 7.92 Å². The number of rotatable bonds is 21. The highest BCUT2D eigenvalue weighted by molar-refractivity contribution is 7.81. The van der Waals surface area contributed by atoms with Crippen molar-refractivity contribution < 1.29 is 28.4 Å². The Labute approximate surface area is 298 Å². The molecule has 0 radical (unpaired) electrons. The summed E-state index contributed by atoms with van der Waals surface area (Å²) >= 11 is 0. The van der Waals surface area contributed by atoms with Crippen LogP contribution in [0.5, 0.6) is 34.5 Å². The van der Waals surface area contributed by atoms with Crippen molar-refractivity contribution in [2.24, 2.45) is 35.5 Å². The van der Waals surface area contributed by atoms with Crippen LogP contribution in [0.15, 0.2) is 54.6 Å². The second kappa shape index (κ2) is 19.9. The summed E-state index contributed by atoms with van der Waals surface area (Å²) < 4.78 is 40.2. The molecule has 0 spiro atoms. The average Bonchev–Trinajstić information content (AvgIpc) is 3.03. The molecule has 0 heterocycles. The number of benzene rings is 3. The molecule has 0 aliphatic carbocycles. The molecule has 6 nitrogen and oxygen atoms in total. The summed E-state index contributed by atoms with van der Waals surface area (Å²) in [5, 5.41) is 2.89. The van der Waals surface area contributed by atoms with Crippen molar-refractivity contribution in [3.63, 3.8) is 0 Å². The molecule has 7 heteroatoms. The first kappa shape index (κ1) is 40.3. The largest absolute Gasteiger partial charge is 0.492 e. The maximum atomic E-state index is 6.70. The molecule has 0 aliphatic heterocycles. The fraction of sp³-hybridized carbons (Fsp3) is 0.571. The van der Waals surface area contributed by atoms with Crippen molar-refractivity contribution in [2.45, 2.75) is 83.1 Å². The Morgan fingerprint density at radius 1 is 0.327 bits per heavy atom. The van der Waals surface area contributed by atoms with Crippen LogP contribution in [-0.4, -0.2) is 39.6 Å². The molecular weight excluding hydrogens is 631 g/mol. The monoisotopic (exact) mass is 694 g/mol. The fourth-order valence-electron chi connectivity index (χ4n) is 4.74. The van der Waals surface area contributed by atoms with Gasteiger partial charge in [-0.05, 0) is 71.9 Å². The molecule has 0 unspecified atom stereocenters. The molecular formula is C42H63O6P. The molecule has 0 N–H and O–H groups in total. The van der Waals surface area contributed by atoms with Gasteiger partial charge in [0.25, 0.3) is 0 Å². The van der Waals surface area contributed by atoms with Crippen LogP contribution in [0, 0.1) is 35.5 Å². The molecule has 3 aromatic rings. The quantitative estimate of drug-likeness (QED) is 0.104. The zero-order chi connectivity index (χ0) is 36.1. The predicted molar refractivity (Wildman–Crippen MR) is 207 cm³/mol. The molecule has 0 saturated heterocycles. The van der Waals surface area contributed by atoms with Gasteiger partial charge in [-0.2, -0.15) is 0 Å². The zero-order valence-corrected chi connectivity index (χ0v) is 33.2. The van der Waals surface area contributed by atoms with Crippen molar-refractivity contribution in [3.8, 4) is 34.5 Å². The summed E-state index contributed by atoms with van der Waals surface area (Å²) in [5.41, 5.74) is 0. The van der Waals surface area contributed by atoms with E-state index < -0.39 is 7.92 Å². The van der Waals surface area contributed by atoms with Crippen LogP contribution in [0.1, 0.15) is 83.1 Å². The van der Waals surface area contributed by atoms with Crippen LogP contribution in [0.4, 0.5) is 0 Å². The molecule has 3 aromatic carbocycles. The Bertz CT molecular complexity index is 1150. The summed E-state index contributed by atoms with van der Waals surface area (Å²) in [6, 6.07) is 18.5. The topological polar surface area (TPSA) is 55.4 Å². The minimum atomic E-state index is -1.51. The van der Waals surface area contributed by atoms with Gasteiger partial charge in [0.1, 0.15) is 34.5 Å². The summed E-state index contributed by atoms with van der Waals surface area (Å²) in [6.07, 6.45) is 0. The van der Waals surface area contributed by atoms with Crippen molar-refractivity contribution in [3.05, 3.63) is 54.6 Å². The zero-order valence-electron chi connectivity index (χ0n) is 32.3. The highest BCUT2D eigenvalue weighted by atomic mass is 31.1. The summed E-state index contributed by atoms with van der Waals surface area (Å²) in [6.45, 7) is 29.4. The summed E-state index contributed by atoms with van der Waals surface area (Å²) in [7, 11) is -1.51. The van der Waals surface area contributed by atoms with Crippen LogP contribution < -0.4 is 44.3 Å². The summed E-state index contributed by atoms with van der Waals surface area (Å²) in [5.74, 6) is 6.67. The lowest BCUT2D eigenvalue weighted by molar-refractivity contribution is 0.260. The number of ether oxygens (including phenoxy) is 6. The van der Waals surface area contributed by atoms with E-state index in [2.05, 4.69) is 119 Å². The van der Waals surface area contributed by atoms with Crippen molar-refractivity contribution in [1.29, 1.82) is 0 Å². The van der Waals surface area contributed by atoms with Crippen molar-refractivity contribution >= 4 is 23.8 Å². The van der Waals surface area contributed by atoms with Crippen LogP contribution in [-0.2, 0) is 0 Å². The Morgan fingerprint density at radius 3 is 0.633 bits per heavy atom. The first-order valence-corrected chi connectivity index (χ1v) is 19.6. The molecule has 272 valence electrons. The third-order valence-corrected chi connectivity index (χ3v) is 9.65. The fourth-order valence-corrected chi connectivity index (χ4v) is 7.57. The maximum absolute atomic E-state index is 6.70. The smallest absolute Gasteiger partial charge is 0.131 e. The second-order valence-corrected chi connectivity index (χ2v) is 17.4. The van der Waals surface area contributed by atoms with E-state index in [1.165, 1.54) is 0 Å². The van der Waals surface area contributed by atoms with Gasteiger partial charge in [-0.15, -0.1) is 0 Å². The molecule has 0 aromatic heterocycles. The average molecular weight is 695 g/mol. The van der Waals surface area contributed by atoms with Crippen LogP contribution in [0.25, 0.3) is 0 Å². The molecule has 3 rings (SSSR count). The maximum Gasteiger partial charge on any atom is 0.131 e. The first-order valence-electron chi connectivity index (χ1n) is 18.2. The normalized spacial score (nSPS) is 11.8. The second-order valence-electron chi connectivity index (χ2n) is 15.4. The van der Waals surface area contributed by atoms with E-state index in [0.717, 1.165) is 50.4 Å². The molecule has 0 fully saturated rings. The Morgan fingerprint density at radius 2 is 0.490 bits per heavy atom. The molecule has 49 heavy (non-hydrogen) atoms. The van der Waals surface area contributed by atoms with Gasteiger partial charge >= 0.3 is 0 Å². The lowest BCUT2D eigenvalue weighted by Gasteiger charge is -2.31. The minimum Gasteiger partial charge on any atom is -0.492 e. The molecule has 0 amide bonds. The van der Waals surface area contributed by atoms with Crippen molar-refractivity contribution in [1.82, 2.24) is 0 Å². The standard InChI is InChI=1S/C42H63O6P/c1-28(2)22-43-34-16-13-17-35(44-23-29(3)4)40(34)49(41-36(45-24-30(5)6)18-14-19-37(41)46-25-31(7)8)42-38(47-26-32(9)10)20-15-21-39(42)48-27-33(11)12/h13-21,28-33H,22-27H2,1-12H3. The van der Waals surface area contributed by atoms with E-state index >= 15 is 0 Å². The van der Waals surface area contributed by atoms with Gasteiger partial charge < -0.3 is 28.4 Å². The lowest BCUT2D eigenvalue weighted by Crippen LogP contribution is -2.30. The highest BCUT2D eigenvalue weighted by Crippen LogP contribution is 2.50. The third kappa shape index (κ3) is 12.6. The third-order valence-electron chi connectivity index (χ3n) is 6.99. The predicted octanol–water partition coefficient (Wildman–Crippen LogP) is 9.65. The van der Waals surface area contributed by atoms with Gasteiger partial charge in [-0.3, -0.25) is 0 Å². The molecule has 0 atom stereocenters. The van der Waals surface area contributed by atoms with Crippen LogP contribution in [0.2, 0.25) is 0 Å². The van der Waals surface area contributed by atoms with Crippen molar-refractivity contribution in [2.75, 3.05) is 39.6 Å². The Kier molecular flexibility index (Phi) is 16.4. The Balaban J connectivity index is 2.55. The summed E-state index contributed by atoms with van der Waals surface area (Å²) in [4.78, 5) is 0. The van der Waals surface area contributed by atoms with Crippen LogP contribution >= 0.6 is 7.92 Å². The van der Waals surface area contributed by atoms with E-state index in [4.69, 9.17) is 28.4 Å². The van der Waals surface area contributed by atoms with Crippen LogP contribution in [0.3, 0.4) is 0 Å². The number of hydrogen-bond acceptors (Lipinski definition) is 6. The minimum absolute atomic E-state index is 0.331. The van der Waals surface area contributed by atoms with Gasteiger partial charge in [0.15, 0.2) is 0 Å². The van der Waals surface area contributed by atoms with E-state index in [-0.39, 0.29) is 0 Å². The van der Waals surface area contributed by atoms with Gasteiger partial charge in [0.2, 0.25) is 0 Å². The van der Waals surface area contributed by atoms with Gasteiger partial charge in [-0.1, -0.05) is 101 Å². The molecule has 0 bridgehead atoms. The molecule has 0 aliphatic rings. The SMILES string of the molecule is CC(C)COc1cccc(OCC(C)C)c1P(c1c(OCC(C)C)cccc1OCC(C)C)c1c(OCC(C)C)cccc1OCC(C)C. The highest BCUT2D eigenvalue weighted by Gasteiger charge is 2.35. The van der Waals surface area contributed by atoms with E-state index in [0.29, 0.717) is 75.1 Å². The number of hydrogen-bond donors (Lipinski definition) is 0. The first-order chi connectivity index (χ1) is 23.3. The van der Waals surface area contributed by atoms with Gasteiger partial charge in [-0.25, -0.2) is 0 Å². The van der Waals surface area contributed by atoms with E-state index in [9.17, 15) is 0 Å². The lowest BCUT2D eigenvalue weighted by atomic mass is 10.2. The van der Waals surface area contributed by atoms with Gasteiger partial charge in [0.05, 0.1) is 55.6 Å². The van der Waals surface area contributed by atoms with E-state index in [1.54, 1.807) is 0 Å². The molecule has 0 saturated carbocycles.